The predicted molar refractivity (Wildman–Crippen MR) is 130 cm³/mol. The lowest BCUT2D eigenvalue weighted by molar-refractivity contribution is -0.131. The molecule has 2 rings (SSSR count). The number of carbonyl (C=O) groups excluding carboxylic acids is 2. The van der Waals surface area contributed by atoms with Crippen molar-refractivity contribution in [3.8, 4) is 11.5 Å². The molecule has 0 spiro atoms. The molecule has 0 aromatic heterocycles. The quantitative estimate of drug-likeness (QED) is 0.194. The molecule has 0 saturated heterocycles. The zero-order valence-electron chi connectivity index (χ0n) is 16.1. The summed E-state index contributed by atoms with van der Waals surface area (Å²) in [6.07, 6.45) is 0. The predicted octanol–water partition coefficient (Wildman–Crippen LogP) is 6.53. The van der Waals surface area contributed by atoms with Crippen molar-refractivity contribution in [2.75, 3.05) is 0 Å². The summed E-state index contributed by atoms with van der Waals surface area (Å²) in [5.74, 6) is -1.05. The van der Waals surface area contributed by atoms with Crippen LogP contribution in [0.4, 0.5) is 0 Å². The van der Waals surface area contributed by atoms with Crippen LogP contribution >= 0.6 is 63.7 Å². The number of benzene rings is 2. The third kappa shape index (κ3) is 5.95. The Hall–Kier alpha value is -1.27. The number of halogens is 4. The number of hydrogen-bond acceptors (Lipinski definition) is 6. The molecule has 6 nitrogen and oxygen atoms in total. The molecular weight excluding hydrogens is 688 g/mol. The molecule has 0 fully saturated rings. The van der Waals surface area contributed by atoms with Crippen molar-refractivity contribution in [2.45, 2.75) is 23.6 Å². The van der Waals surface area contributed by atoms with Gasteiger partial charge in [-0.2, -0.15) is 0 Å². The number of carbonyl (C=O) groups is 2. The van der Waals surface area contributed by atoms with Gasteiger partial charge in [0.05, 0.1) is 27.7 Å². The minimum absolute atomic E-state index is 0.0631. The van der Waals surface area contributed by atoms with Gasteiger partial charge in [0.2, 0.25) is 9.84 Å². The first-order chi connectivity index (χ1) is 14.2. The van der Waals surface area contributed by atoms with E-state index in [2.05, 4.69) is 76.9 Å². The normalized spacial score (nSPS) is 11.0. The van der Waals surface area contributed by atoms with Gasteiger partial charge in [-0.05, 0) is 102 Å². The van der Waals surface area contributed by atoms with Crippen LogP contribution in [0.25, 0.3) is 0 Å². The Morgan fingerprint density at radius 1 is 0.710 bits per heavy atom. The summed E-state index contributed by atoms with van der Waals surface area (Å²) in [6, 6.07) is 5.27. The second-order valence-electron chi connectivity index (χ2n) is 6.28. The molecule has 31 heavy (non-hydrogen) atoms. The van der Waals surface area contributed by atoms with Crippen LogP contribution in [0.5, 0.6) is 11.5 Å². The van der Waals surface area contributed by atoms with E-state index in [1.165, 1.54) is 38.1 Å². The molecule has 2 aromatic rings. The van der Waals surface area contributed by atoms with Crippen molar-refractivity contribution in [2.24, 2.45) is 0 Å². The monoisotopic (exact) mass is 698 g/mol. The smallest absolute Gasteiger partial charge is 0.338 e. The fourth-order valence-electron chi connectivity index (χ4n) is 2.07. The van der Waals surface area contributed by atoms with Crippen LogP contribution < -0.4 is 9.47 Å². The van der Waals surface area contributed by atoms with Gasteiger partial charge >= 0.3 is 11.9 Å². The highest BCUT2D eigenvalue weighted by Crippen LogP contribution is 2.41. The number of esters is 2. The van der Waals surface area contributed by atoms with Gasteiger partial charge in [-0.1, -0.05) is 13.2 Å². The summed E-state index contributed by atoms with van der Waals surface area (Å²) in [5.41, 5.74) is 0.385. The van der Waals surface area contributed by atoms with E-state index in [0.717, 1.165) is 0 Å². The second-order valence-corrected chi connectivity index (χ2v) is 11.6. The summed E-state index contributed by atoms with van der Waals surface area (Å²) < 4.78 is 37.8. The Morgan fingerprint density at radius 2 is 0.968 bits per heavy atom. The molecule has 0 heterocycles. The molecular formula is C20H14Br4O6S. The molecule has 0 bridgehead atoms. The Morgan fingerprint density at radius 3 is 1.19 bits per heavy atom. The first kappa shape index (κ1) is 26.0. The van der Waals surface area contributed by atoms with Crippen LogP contribution in [0.15, 0.2) is 76.3 Å². The highest BCUT2D eigenvalue weighted by molar-refractivity contribution is 9.11. The lowest BCUT2D eigenvalue weighted by atomic mass is 10.3. The molecule has 0 unspecified atom stereocenters. The van der Waals surface area contributed by atoms with Crippen LogP contribution in [0, 0.1) is 0 Å². The highest BCUT2D eigenvalue weighted by Gasteiger charge is 2.25. The van der Waals surface area contributed by atoms with Gasteiger partial charge in [0.25, 0.3) is 0 Å². The molecule has 0 aliphatic heterocycles. The third-order valence-electron chi connectivity index (χ3n) is 3.65. The maximum absolute atomic E-state index is 13.2. The summed E-state index contributed by atoms with van der Waals surface area (Å²) in [6.45, 7) is 10.0. The zero-order valence-corrected chi connectivity index (χ0v) is 23.3. The van der Waals surface area contributed by atoms with Gasteiger partial charge in [0, 0.05) is 11.1 Å². The van der Waals surface area contributed by atoms with E-state index in [-0.39, 0.29) is 50.3 Å². The molecule has 0 aliphatic carbocycles. The molecule has 0 saturated carbocycles. The second kappa shape index (κ2) is 10.1. The Bertz CT molecular complexity index is 1100. The van der Waals surface area contributed by atoms with Gasteiger partial charge in [-0.3, -0.25) is 0 Å². The van der Waals surface area contributed by atoms with Crippen LogP contribution in [-0.4, -0.2) is 20.4 Å². The van der Waals surface area contributed by atoms with Gasteiger partial charge in [0.1, 0.15) is 0 Å². The number of hydrogen-bond donors (Lipinski definition) is 0. The fraction of sp³-hybridized carbons (Fsp3) is 0.100. The van der Waals surface area contributed by atoms with Crippen molar-refractivity contribution >= 4 is 85.5 Å². The fourth-order valence-corrected chi connectivity index (χ4v) is 6.74. The minimum Gasteiger partial charge on any atom is -0.421 e. The Kier molecular flexibility index (Phi) is 8.48. The van der Waals surface area contributed by atoms with E-state index in [1.54, 1.807) is 0 Å². The van der Waals surface area contributed by atoms with Gasteiger partial charge in [0.15, 0.2) is 11.5 Å². The summed E-state index contributed by atoms with van der Waals surface area (Å²) in [4.78, 5) is 23.5. The summed E-state index contributed by atoms with van der Waals surface area (Å²) in [7, 11) is -3.99. The van der Waals surface area contributed by atoms with Crippen molar-refractivity contribution in [1.82, 2.24) is 0 Å². The van der Waals surface area contributed by atoms with Gasteiger partial charge in [-0.25, -0.2) is 18.0 Å². The lowest BCUT2D eigenvalue weighted by Gasteiger charge is -2.13. The first-order valence-corrected chi connectivity index (χ1v) is 12.9. The van der Waals surface area contributed by atoms with E-state index in [0.29, 0.717) is 0 Å². The van der Waals surface area contributed by atoms with E-state index in [4.69, 9.17) is 9.47 Å². The van der Waals surface area contributed by atoms with E-state index < -0.39 is 21.8 Å². The molecule has 11 heteroatoms. The molecule has 164 valence electrons. The standard InChI is InChI=1S/C20H14Br4O6S/c1-9(2)19(25)29-17-13(21)5-11(6-14(17)22)31(27,28)12-7-15(23)18(16(24)8-12)30-20(26)10(3)4/h5-8H,1,3H2,2,4H3. The van der Waals surface area contributed by atoms with Crippen LogP contribution in [0.2, 0.25) is 0 Å². The Labute approximate surface area is 213 Å². The van der Waals surface area contributed by atoms with E-state index in [9.17, 15) is 18.0 Å². The van der Waals surface area contributed by atoms with Crippen molar-refractivity contribution in [3.63, 3.8) is 0 Å². The SMILES string of the molecule is C=C(C)C(=O)Oc1c(Br)cc(S(=O)(=O)c2cc(Br)c(OC(=O)C(=C)C)c(Br)c2)cc1Br. The zero-order chi connectivity index (χ0) is 23.7. The van der Waals surface area contributed by atoms with Crippen molar-refractivity contribution < 1.29 is 27.5 Å². The van der Waals surface area contributed by atoms with Crippen LogP contribution in [0.3, 0.4) is 0 Å². The maximum atomic E-state index is 13.2. The summed E-state index contributed by atoms with van der Waals surface area (Å²) in [5, 5.41) is 0. The molecule has 0 aliphatic rings. The highest BCUT2D eigenvalue weighted by atomic mass is 79.9. The van der Waals surface area contributed by atoms with Crippen molar-refractivity contribution in [1.29, 1.82) is 0 Å². The largest absolute Gasteiger partial charge is 0.421 e. The number of sulfone groups is 1. The molecule has 0 atom stereocenters. The Balaban J connectivity index is 2.50. The van der Waals surface area contributed by atoms with Crippen molar-refractivity contribution in [3.05, 3.63) is 66.5 Å². The summed E-state index contributed by atoms with van der Waals surface area (Å²) >= 11 is 12.9. The number of rotatable bonds is 6. The van der Waals surface area contributed by atoms with Gasteiger partial charge in [-0.15, -0.1) is 0 Å². The average Bonchev–Trinajstić information content (AvgIpc) is 2.66. The maximum Gasteiger partial charge on any atom is 0.338 e. The average molecular weight is 702 g/mol. The first-order valence-electron chi connectivity index (χ1n) is 8.24. The molecule has 2 aromatic carbocycles. The van der Waals surface area contributed by atoms with Gasteiger partial charge < -0.3 is 9.47 Å². The molecule has 0 amide bonds. The number of ether oxygens (including phenoxy) is 2. The topological polar surface area (TPSA) is 86.7 Å². The molecule has 0 radical (unpaired) electrons. The van der Waals surface area contributed by atoms with Crippen LogP contribution in [-0.2, 0) is 19.4 Å². The van der Waals surface area contributed by atoms with E-state index >= 15 is 0 Å². The lowest BCUT2D eigenvalue weighted by Crippen LogP contribution is -2.11. The minimum atomic E-state index is -3.99. The van der Waals surface area contributed by atoms with Crippen LogP contribution in [0.1, 0.15) is 13.8 Å². The third-order valence-corrected chi connectivity index (χ3v) is 7.72. The van der Waals surface area contributed by atoms with E-state index in [1.807, 2.05) is 0 Å². The molecule has 0 N–H and O–H groups in total.